The fourth-order valence-corrected chi connectivity index (χ4v) is 3.56. The van der Waals surface area contributed by atoms with Gasteiger partial charge in [-0.1, -0.05) is 18.2 Å². The van der Waals surface area contributed by atoms with Gasteiger partial charge in [0.1, 0.15) is 0 Å². The Bertz CT molecular complexity index is 973. The summed E-state index contributed by atoms with van der Waals surface area (Å²) in [4.78, 5) is 13.6. The number of para-hydroxylation sites is 1. The van der Waals surface area contributed by atoms with E-state index >= 15 is 0 Å². The van der Waals surface area contributed by atoms with E-state index in [2.05, 4.69) is 0 Å². The van der Waals surface area contributed by atoms with Gasteiger partial charge in [0.05, 0.1) is 30.4 Å². The van der Waals surface area contributed by atoms with Crippen molar-refractivity contribution >= 4 is 34.6 Å². The van der Waals surface area contributed by atoms with E-state index in [9.17, 15) is 18.0 Å². The molecule has 0 aromatic heterocycles. The molecule has 28 heavy (non-hydrogen) atoms. The highest BCUT2D eigenvalue weighted by atomic mass is 32.2. The van der Waals surface area contributed by atoms with E-state index in [4.69, 9.17) is 14.9 Å². The number of benzene rings is 2. The predicted octanol–water partition coefficient (Wildman–Crippen LogP) is 4.78. The number of anilines is 1. The Morgan fingerprint density at radius 2 is 1.75 bits per heavy atom. The predicted molar refractivity (Wildman–Crippen MR) is 102 cm³/mol. The van der Waals surface area contributed by atoms with E-state index < -0.39 is 17.6 Å². The molecule has 1 fully saturated rings. The van der Waals surface area contributed by atoms with Crippen LogP contribution >= 0.6 is 11.8 Å². The summed E-state index contributed by atoms with van der Waals surface area (Å²) < 4.78 is 50.3. The molecule has 0 aliphatic carbocycles. The number of hydrogen-bond donors (Lipinski definition) is 1. The molecule has 0 saturated carbocycles. The van der Waals surface area contributed by atoms with E-state index in [0.717, 1.165) is 22.7 Å². The summed E-state index contributed by atoms with van der Waals surface area (Å²) in [6, 6.07) is 9.66. The second-order valence-corrected chi connectivity index (χ2v) is 6.72. The van der Waals surface area contributed by atoms with Crippen LogP contribution in [-0.2, 0) is 11.0 Å². The first-order valence-corrected chi connectivity index (χ1v) is 8.78. The fourth-order valence-electron chi connectivity index (χ4n) is 2.71. The van der Waals surface area contributed by atoms with E-state index in [-0.39, 0.29) is 15.8 Å². The third kappa shape index (κ3) is 3.70. The molecule has 0 spiro atoms. The number of amides is 1. The molecule has 9 heteroatoms. The average Bonchev–Trinajstić information content (AvgIpc) is 2.94. The van der Waals surface area contributed by atoms with Crippen molar-refractivity contribution in [2.75, 3.05) is 19.1 Å². The van der Waals surface area contributed by atoms with Crippen LogP contribution in [0.4, 0.5) is 18.9 Å². The van der Waals surface area contributed by atoms with Gasteiger partial charge in [0.15, 0.2) is 16.7 Å². The largest absolute Gasteiger partial charge is 0.493 e. The molecule has 1 heterocycles. The van der Waals surface area contributed by atoms with Crippen LogP contribution in [0.3, 0.4) is 0 Å². The molecule has 2 aromatic rings. The number of rotatable bonds is 4. The summed E-state index contributed by atoms with van der Waals surface area (Å²) in [5.74, 6) is 0.256. The van der Waals surface area contributed by atoms with Crippen molar-refractivity contribution in [3.05, 3.63) is 58.5 Å². The highest BCUT2D eigenvalue weighted by molar-refractivity contribution is 8.19. The summed E-state index contributed by atoms with van der Waals surface area (Å²) >= 11 is 0.796. The van der Waals surface area contributed by atoms with Gasteiger partial charge in [0.25, 0.3) is 5.91 Å². The van der Waals surface area contributed by atoms with Crippen LogP contribution in [0.5, 0.6) is 11.5 Å². The maximum Gasteiger partial charge on any atom is 0.418 e. The summed E-state index contributed by atoms with van der Waals surface area (Å²) in [5, 5.41) is 7.73. The van der Waals surface area contributed by atoms with Crippen LogP contribution in [0.1, 0.15) is 11.1 Å². The standard InChI is InChI=1S/C19H15F3N2O3S/c1-26-14-8-7-11(9-15(14)27-2)10-16-17(25)24(18(23)28-16)13-6-4-3-5-12(13)19(20,21)22/h3-10,23H,1-2H3/b16-10-,23-18?. The van der Waals surface area contributed by atoms with Crippen molar-refractivity contribution in [2.24, 2.45) is 0 Å². The number of methoxy groups -OCH3 is 2. The van der Waals surface area contributed by atoms with Gasteiger partial charge >= 0.3 is 6.18 Å². The molecule has 1 amide bonds. The van der Waals surface area contributed by atoms with Gasteiger partial charge in [0.2, 0.25) is 0 Å². The zero-order chi connectivity index (χ0) is 20.5. The SMILES string of the molecule is COc1ccc(/C=C2\SC(=N)N(c3ccccc3C(F)(F)F)C2=O)cc1OC. The number of alkyl halides is 3. The molecule has 1 N–H and O–H groups in total. The Hall–Kier alpha value is -2.94. The molecule has 0 unspecified atom stereocenters. The Labute approximate surface area is 163 Å². The van der Waals surface area contributed by atoms with Gasteiger partial charge in [-0.3, -0.25) is 15.1 Å². The minimum absolute atomic E-state index is 0.134. The average molecular weight is 408 g/mol. The molecule has 1 saturated heterocycles. The van der Waals surface area contributed by atoms with Gasteiger partial charge in [-0.25, -0.2) is 0 Å². The van der Waals surface area contributed by atoms with Gasteiger partial charge in [-0.2, -0.15) is 13.2 Å². The number of carbonyl (C=O) groups is 1. The van der Waals surface area contributed by atoms with Crippen LogP contribution in [0.2, 0.25) is 0 Å². The first-order valence-electron chi connectivity index (χ1n) is 7.97. The van der Waals surface area contributed by atoms with Crippen LogP contribution in [0.25, 0.3) is 6.08 Å². The fraction of sp³-hybridized carbons (Fsp3) is 0.158. The topological polar surface area (TPSA) is 62.6 Å². The molecule has 1 aliphatic rings. The molecule has 5 nitrogen and oxygen atoms in total. The summed E-state index contributed by atoms with van der Waals surface area (Å²) in [5.41, 5.74) is -0.749. The number of thioether (sulfide) groups is 1. The smallest absolute Gasteiger partial charge is 0.418 e. The molecule has 2 aromatic carbocycles. The minimum atomic E-state index is -4.64. The second-order valence-electron chi connectivity index (χ2n) is 5.69. The molecular weight excluding hydrogens is 393 g/mol. The maximum atomic E-state index is 13.3. The number of amidine groups is 1. The van der Waals surface area contributed by atoms with Crippen molar-refractivity contribution < 1.29 is 27.4 Å². The maximum absolute atomic E-state index is 13.3. The van der Waals surface area contributed by atoms with E-state index in [1.54, 1.807) is 18.2 Å². The molecule has 146 valence electrons. The monoisotopic (exact) mass is 408 g/mol. The van der Waals surface area contributed by atoms with Crippen molar-refractivity contribution in [3.63, 3.8) is 0 Å². The minimum Gasteiger partial charge on any atom is -0.493 e. The lowest BCUT2D eigenvalue weighted by Crippen LogP contribution is -2.30. The quantitative estimate of drug-likeness (QED) is 0.740. The van der Waals surface area contributed by atoms with E-state index in [1.165, 1.54) is 38.5 Å². The van der Waals surface area contributed by atoms with Gasteiger partial charge in [0, 0.05) is 0 Å². The summed E-state index contributed by atoms with van der Waals surface area (Å²) in [6.45, 7) is 0. The highest BCUT2D eigenvalue weighted by Gasteiger charge is 2.40. The van der Waals surface area contributed by atoms with Gasteiger partial charge in [-0.05, 0) is 47.7 Å². The molecule has 0 atom stereocenters. The first-order chi connectivity index (χ1) is 13.3. The molecule has 0 bridgehead atoms. The van der Waals surface area contributed by atoms with Crippen molar-refractivity contribution in [1.29, 1.82) is 5.41 Å². The van der Waals surface area contributed by atoms with Crippen molar-refractivity contribution in [2.45, 2.75) is 6.18 Å². The van der Waals surface area contributed by atoms with Crippen LogP contribution < -0.4 is 14.4 Å². The third-order valence-corrected chi connectivity index (χ3v) is 4.87. The van der Waals surface area contributed by atoms with Crippen LogP contribution in [-0.4, -0.2) is 25.3 Å². The zero-order valence-corrected chi connectivity index (χ0v) is 15.6. The number of nitrogens with zero attached hydrogens (tertiary/aromatic N) is 1. The number of nitrogens with one attached hydrogen (secondary N) is 1. The van der Waals surface area contributed by atoms with Crippen LogP contribution in [0, 0.1) is 5.41 Å². The molecule has 1 aliphatic heterocycles. The zero-order valence-electron chi connectivity index (χ0n) is 14.8. The Kier molecular flexibility index (Phi) is 5.37. The number of carbonyl (C=O) groups excluding carboxylic acids is 1. The van der Waals surface area contributed by atoms with Crippen molar-refractivity contribution in [3.8, 4) is 11.5 Å². The summed E-state index contributed by atoms with van der Waals surface area (Å²) in [6.07, 6.45) is -3.14. The Morgan fingerprint density at radius 3 is 2.39 bits per heavy atom. The molecular formula is C19H15F3N2O3S. The normalized spacial score (nSPS) is 16.0. The lowest BCUT2D eigenvalue weighted by Gasteiger charge is -2.19. The molecule has 3 rings (SSSR count). The number of halogens is 3. The lowest BCUT2D eigenvalue weighted by atomic mass is 10.1. The summed E-state index contributed by atoms with van der Waals surface area (Å²) in [7, 11) is 2.96. The Morgan fingerprint density at radius 1 is 1.07 bits per heavy atom. The Balaban J connectivity index is 1.99. The van der Waals surface area contributed by atoms with E-state index in [0.29, 0.717) is 17.1 Å². The first kappa shape index (κ1) is 19.8. The van der Waals surface area contributed by atoms with Gasteiger partial charge < -0.3 is 9.47 Å². The third-order valence-electron chi connectivity index (χ3n) is 3.98. The van der Waals surface area contributed by atoms with Crippen LogP contribution in [0.15, 0.2) is 47.4 Å². The number of ether oxygens (including phenoxy) is 2. The highest BCUT2D eigenvalue weighted by Crippen LogP contribution is 2.42. The second kappa shape index (κ2) is 7.59. The lowest BCUT2D eigenvalue weighted by molar-refractivity contribution is -0.137. The molecule has 0 radical (unpaired) electrons. The van der Waals surface area contributed by atoms with E-state index in [1.807, 2.05) is 0 Å². The van der Waals surface area contributed by atoms with Gasteiger partial charge in [-0.15, -0.1) is 0 Å². The van der Waals surface area contributed by atoms with Crippen molar-refractivity contribution in [1.82, 2.24) is 0 Å². The number of hydrogen-bond acceptors (Lipinski definition) is 5.